The maximum absolute atomic E-state index is 12.9. The minimum Gasteiger partial charge on any atom is -0.369 e. The van der Waals surface area contributed by atoms with Gasteiger partial charge in [-0.3, -0.25) is 4.18 Å². The van der Waals surface area contributed by atoms with Crippen molar-refractivity contribution in [3.05, 3.63) is 73.2 Å². The highest BCUT2D eigenvalue weighted by molar-refractivity contribution is 7.86. The minimum absolute atomic E-state index is 0.0819. The summed E-state index contributed by atoms with van der Waals surface area (Å²) in [5.41, 5.74) is 1.10. The van der Waals surface area contributed by atoms with Crippen molar-refractivity contribution in [2.24, 2.45) is 0 Å². The van der Waals surface area contributed by atoms with Crippen LogP contribution in [-0.2, 0) is 24.6 Å². The molecule has 2 aromatic carbocycles. The summed E-state index contributed by atoms with van der Waals surface area (Å²) in [6.45, 7) is 1.88. The van der Waals surface area contributed by atoms with Gasteiger partial charge in [0, 0.05) is 25.0 Å². The van der Waals surface area contributed by atoms with Crippen LogP contribution in [0.25, 0.3) is 0 Å². The first kappa shape index (κ1) is 21.4. The molecule has 3 unspecified atom stereocenters. The molecule has 2 bridgehead atoms. The summed E-state index contributed by atoms with van der Waals surface area (Å²) in [6.07, 6.45) is 3.14. The fourth-order valence-corrected chi connectivity index (χ4v) is 6.24. The topological polar surface area (TPSA) is 52.6 Å². The maximum Gasteiger partial charge on any atom is 0.297 e. The molecule has 0 aromatic heterocycles. The number of halogens is 4. The lowest BCUT2D eigenvalue weighted by Crippen LogP contribution is -2.45. The van der Waals surface area contributed by atoms with Crippen LogP contribution in [0.1, 0.15) is 29.0 Å². The van der Waals surface area contributed by atoms with Crippen LogP contribution >= 0.6 is 46.4 Å². The molecule has 29 heavy (non-hydrogen) atoms. The van der Waals surface area contributed by atoms with Gasteiger partial charge in [-0.25, -0.2) is 0 Å². The lowest BCUT2D eigenvalue weighted by molar-refractivity contribution is -0.0293. The predicted octanol–water partition coefficient (Wildman–Crippen LogP) is 6.28. The summed E-state index contributed by atoms with van der Waals surface area (Å²) in [5, 5.41) is 0.712. The fourth-order valence-electron chi connectivity index (χ4n) is 3.99. The van der Waals surface area contributed by atoms with Crippen molar-refractivity contribution in [2.75, 3.05) is 7.11 Å². The van der Waals surface area contributed by atoms with Crippen molar-refractivity contribution >= 4 is 56.5 Å². The van der Waals surface area contributed by atoms with Crippen molar-refractivity contribution in [3.8, 4) is 0 Å². The third-order valence-electron chi connectivity index (χ3n) is 5.46. The lowest BCUT2D eigenvalue weighted by atomic mass is 9.67. The van der Waals surface area contributed by atoms with Crippen molar-refractivity contribution in [2.45, 2.75) is 35.9 Å². The molecule has 0 heterocycles. The molecule has 0 amide bonds. The number of benzene rings is 2. The second-order valence-electron chi connectivity index (χ2n) is 7.13. The van der Waals surface area contributed by atoms with Gasteiger partial charge >= 0.3 is 0 Å². The largest absolute Gasteiger partial charge is 0.369 e. The summed E-state index contributed by atoms with van der Waals surface area (Å²) < 4.78 is 37.2. The Morgan fingerprint density at radius 2 is 1.62 bits per heavy atom. The predicted molar refractivity (Wildman–Crippen MR) is 115 cm³/mol. The molecule has 0 fully saturated rings. The minimum atomic E-state index is -4.00. The van der Waals surface area contributed by atoms with Crippen molar-refractivity contribution in [3.63, 3.8) is 0 Å². The van der Waals surface area contributed by atoms with Gasteiger partial charge in [0.1, 0.15) is 5.60 Å². The van der Waals surface area contributed by atoms with E-state index in [1.54, 1.807) is 12.1 Å². The number of methoxy groups -OCH3 is 1. The van der Waals surface area contributed by atoms with Gasteiger partial charge in [0.25, 0.3) is 10.1 Å². The molecule has 0 saturated carbocycles. The van der Waals surface area contributed by atoms with Crippen molar-refractivity contribution < 1.29 is 17.3 Å². The van der Waals surface area contributed by atoms with Gasteiger partial charge in [0.15, 0.2) is 0 Å². The van der Waals surface area contributed by atoms with Gasteiger partial charge < -0.3 is 4.74 Å². The Morgan fingerprint density at radius 3 is 2.24 bits per heavy atom. The van der Waals surface area contributed by atoms with E-state index < -0.39 is 27.7 Å². The summed E-state index contributed by atoms with van der Waals surface area (Å²) in [6, 6.07) is 6.46. The molecule has 5 rings (SSSR count). The standard InChI is InChI=1S/C20H16Cl4O4S/c1-10-3-5-11(6-4-10)29(25,26)28-13-9-20(27-2)8-7-12(13)14-15(20)17(22)19(24)18(23)16(14)21/h3-8,12-13H,9H2,1-2H3. The first-order valence-electron chi connectivity index (χ1n) is 8.72. The quantitative estimate of drug-likeness (QED) is 0.217. The summed E-state index contributed by atoms with van der Waals surface area (Å²) in [4.78, 5) is 0.0819. The van der Waals surface area contributed by atoms with Gasteiger partial charge in [-0.05, 0) is 24.6 Å². The van der Waals surface area contributed by atoms with Crippen LogP contribution in [0.15, 0.2) is 41.3 Å². The van der Waals surface area contributed by atoms with Crippen LogP contribution in [0.3, 0.4) is 0 Å². The van der Waals surface area contributed by atoms with Crippen LogP contribution in [-0.4, -0.2) is 21.6 Å². The lowest BCUT2D eigenvalue weighted by Gasteiger charge is -2.47. The van der Waals surface area contributed by atoms with E-state index >= 15 is 0 Å². The number of rotatable bonds is 4. The number of aryl methyl sites for hydroxylation is 1. The van der Waals surface area contributed by atoms with Crippen LogP contribution in [0.4, 0.5) is 0 Å². The molecule has 9 heteroatoms. The first-order valence-corrected chi connectivity index (χ1v) is 11.6. The summed E-state index contributed by atoms with van der Waals surface area (Å²) in [7, 11) is -2.49. The van der Waals surface area contributed by atoms with Gasteiger partial charge in [0.2, 0.25) is 0 Å². The van der Waals surface area contributed by atoms with Crippen LogP contribution < -0.4 is 0 Å². The third kappa shape index (κ3) is 3.32. The number of hydrogen-bond donors (Lipinski definition) is 0. The highest BCUT2D eigenvalue weighted by atomic mass is 35.5. The molecule has 154 valence electrons. The summed E-state index contributed by atoms with van der Waals surface area (Å²) in [5.74, 6) is -0.470. The molecule has 0 saturated heterocycles. The molecule has 2 aromatic rings. The van der Waals surface area contributed by atoms with Gasteiger partial charge in [0.05, 0.1) is 31.1 Å². The maximum atomic E-state index is 12.9. The normalized spacial score (nSPS) is 25.3. The van der Waals surface area contributed by atoms with Crippen LogP contribution in [0.2, 0.25) is 20.1 Å². The van der Waals surface area contributed by atoms with Crippen molar-refractivity contribution in [1.82, 2.24) is 0 Å². The molecule has 0 radical (unpaired) electrons. The molecule has 0 aliphatic heterocycles. The molecular formula is C20H16Cl4O4S. The second kappa shape index (κ2) is 7.41. The van der Waals surface area contributed by atoms with E-state index in [1.165, 1.54) is 19.2 Å². The molecule has 3 aliphatic carbocycles. The van der Waals surface area contributed by atoms with E-state index in [9.17, 15) is 8.42 Å². The smallest absolute Gasteiger partial charge is 0.297 e. The third-order valence-corrected chi connectivity index (χ3v) is 8.63. The Bertz CT molecular complexity index is 1130. The molecule has 4 nitrogen and oxygen atoms in total. The Hall–Kier alpha value is -0.790. The van der Waals surface area contributed by atoms with E-state index in [4.69, 9.17) is 55.3 Å². The average molecular weight is 494 g/mol. The Labute approximate surface area is 189 Å². The Kier molecular flexibility index (Phi) is 5.48. The number of hydrogen-bond acceptors (Lipinski definition) is 4. The molecule has 3 atom stereocenters. The highest BCUT2D eigenvalue weighted by Gasteiger charge is 2.51. The zero-order valence-corrected chi connectivity index (χ0v) is 19.2. The van der Waals surface area contributed by atoms with E-state index in [0.29, 0.717) is 11.1 Å². The Balaban J connectivity index is 1.81. The van der Waals surface area contributed by atoms with Gasteiger partial charge in [-0.15, -0.1) is 0 Å². The number of ether oxygens (including phenoxy) is 1. The van der Waals surface area contributed by atoms with E-state index in [1.807, 2.05) is 19.1 Å². The second-order valence-corrected chi connectivity index (χ2v) is 10.2. The van der Waals surface area contributed by atoms with Crippen LogP contribution in [0.5, 0.6) is 0 Å². The van der Waals surface area contributed by atoms with Gasteiger partial charge in [-0.2, -0.15) is 8.42 Å². The van der Waals surface area contributed by atoms with E-state index in [2.05, 4.69) is 0 Å². The SMILES string of the molecule is COC12C=CC(c3c(Cl)c(Cl)c(Cl)c(Cl)c31)C(OS(=O)(=O)c1ccc(C)cc1)C2. The zero-order valence-electron chi connectivity index (χ0n) is 15.4. The Morgan fingerprint density at radius 1 is 1.00 bits per heavy atom. The molecule has 3 aliphatic rings. The molecular weight excluding hydrogens is 478 g/mol. The fraction of sp³-hybridized carbons (Fsp3) is 0.300. The van der Waals surface area contributed by atoms with E-state index in [0.717, 1.165) is 5.56 Å². The average Bonchev–Trinajstić information content (AvgIpc) is 2.70. The monoisotopic (exact) mass is 492 g/mol. The first-order chi connectivity index (χ1) is 13.6. The number of fused-ring (bicyclic) bond motifs is 1. The van der Waals surface area contributed by atoms with Crippen molar-refractivity contribution in [1.29, 1.82) is 0 Å². The van der Waals surface area contributed by atoms with E-state index in [-0.39, 0.29) is 31.4 Å². The zero-order chi connectivity index (χ0) is 21.1. The highest BCUT2D eigenvalue weighted by Crippen LogP contribution is 2.58. The van der Waals surface area contributed by atoms with Crippen LogP contribution in [0, 0.1) is 6.92 Å². The molecule has 0 N–H and O–H groups in total. The van der Waals surface area contributed by atoms with Gasteiger partial charge in [-0.1, -0.05) is 76.3 Å². The molecule has 0 spiro atoms. The summed E-state index contributed by atoms with van der Waals surface area (Å²) >= 11 is 25.5.